The summed E-state index contributed by atoms with van der Waals surface area (Å²) in [6.07, 6.45) is 6.41. The van der Waals surface area contributed by atoms with Crippen LogP contribution in [0.4, 0.5) is 0 Å². The maximum atomic E-state index is 6.14. The van der Waals surface area contributed by atoms with E-state index in [0.29, 0.717) is 24.7 Å². The number of ether oxygens (including phenoxy) is 2. The Labute approximate surface area is 147 Å². The van der Waals surface area contributed by atoms with Crippen molar-refractivity contribution in [2.24, 2.45) is 5.92 Å². The van der Waals surface area contributed by atoms with Crippen LogP contribution in [0.5, 0.6) is 0 Å². The molecule has 1 saturated heterocycles. The molecule has 1 aliphatic carbocycles. The highest BCUT2D eigenvalue weighted by Gasteiger charge is 2.42. The van der Waals surface area contributed by atoms with Crippen molar-refractivity contribution in [3.8, 4) is 0 Å². The van der Waals surface area contributed by atoms with Gasteiger partial charge in [-0.15, -0.1) is 0 Å². The summed E-state index contributed by atoms with van der Waals surface area (Å²) in [5.74, 6) is 0.511. The highest BCUT2D eigenvalue weighted by atomic mass is 32.1. The molecule has 0 aromatic carbocycles. The molecule has 0 spiro atoms. The quantitative estimate of drug-likeness (QED) is 0.805. The van der Waals surface area contributed by atoms with Crippen LogP contribution in [0.25, 0.3) is 0 Å². The van der Waals surface area contributed by atoms with Crippen LogP contribution in [-0.2, 0) is 22.6 Å². The Hall–Kier alpha value is -1.27. The Kier molecular flexibility index (Phi) is 5.23. The van der Waals surface area contributed by atoms with Gasteiger partial charge in [0.2, 0.25) is 0 Å². The molecule has 3 unspecified atom stereocenters. The minimum absolute atomic E-state index is 0.325. The second-order valence-corrected chi connectivity index (χ2v) is 7.50. The van der Waals surface area contributed by atoms with Gasteiger partial charge in [-0.2, -0.15) is 11.3 Å². The van der Waals surface area contributed by atoms with Crippen molar-refractivity contribution < 1.29 is 9.47 Å². The molecule has 24 heavy (non-hydrogen) atoms. The highest BCUT2D eigenvalue weighted by Crippen LogP contribution is 2.35. The van der Waals surface area contributed by atoms with Crippen LogP contribution in [0, 0.1) is 5.92 Å². The number of rotatable bonds is 6. The molecule has 2 fully saturated rings. The second kappa shape index (κ2) is 7.74. The first-order valence-corrected chi connectivity index (χ1v) is 9.68. The van der Waals surface area contributed by atoms with Crippen LogP contribution in [0.1, 0.15) is 24.0 Å². The predicted molar refractivity (Wildman–Crippen MR) is 94.9 cm³/mol. The summed E-state index contributed by atoms with van der Waals surface area (Å²) in [5, 5.41) is 4.42. The summed E-state index contributed by atoms with van der Waals surface area (Å²) in [6.45, 7) is 4.35. The lowest BCUT2D eigenvalue weighted by molar-refractivity contribution is -0.0891. The minimum Gasteiger partial charge on any atom is -0.376 e. The van der Waals surface area contributed by atoms with Gasteiger partial charge in [0.1, 0.15) is 0 Å². The zero-order chi connectivity index (χ0) is 16.2. The molecule has 1 aliphatic heterocycles. The summed E-state index contributed by atoms with van der Waals surface area (Å²) in [7, 11) is 0. The molecule has 5 heteroatoms. The van der Waals surface area contributed by atoms with Crippen molar-refractivity contribution >= 4 is 11.3 Å². The van der Waals surface area contributed by atoms with Gasteiger partial charge in [-0.3, -0.25) is 9.88 Å². The summed E-state index contributed by atoms with van der Waals surface area (Å²) < 4.78 is 12.1. The van der Waals surface area contributed by atoms with Crippen LogP contribution in [0.3, 0.4) is 0 Å². The highest BCUT2D eigenvalue weighted by molar-refractivity contribution is 7.07. The number of thiophene rings is 1. The van der Waals surface area contributed by atoms with Gasteiger partial charge in [0.25, 0.3) is 0 Å². The number of hydrogen-bond acceptors (Lipinski definition) is 5. The average Bonchev–Trinajstić information content (AvgIpc) is 3.27. The van der Waals surface area contributed by atoms with E-state index in [9.17, 15) is 0 Å². The van der Waals surface area contributed by atoms with Crippen molar-refractivity contribution in [3.63, 3.8) is 0 Å². The number of aromatic nitrogens is 1. The molecule has 1 saturated carbocycles. The van der Waals surface area contributed by atoms with Gasteiger partial charge in [0.05, 0.1) is 25.9 Å². The van der Waals surface area contributed by atoms with Crippen LogP contribution in [0.2, 0.25) is 0 Å². The smallest absolute Gasteiger partial charge is 0.0781 e. The van der Waals surface area contributed by atoms with E-state index >= 15 is 0 Å². The third kappa shape index (κ3) is 3.70. The molecule has 0 amide bonds. The molecule has 2 aromatic rings. The normalized spacial score (nSPS) is 27.2. The van der Waals surface area contributed by atoms with Crippen molar-refractivity contribution in [3.05, 3.63) is 52.5 Å². The summed E-state index contributed by atoms with van der Waals surface area (Å²) in [6, 6.07) is 6.80. The summed E-state index contributed by atoms with van der Waals surface area (Å²) in [5.41, 5.74) is 2.56. The third-order valence-corrected chi connectivity index (χ3v) is 5.86. The Morgan fingerprint density at radius 1 is 1.29 bits per heavy atom. The number of morpholine rings is 1. The lowest BCUT2D eigenvalue weighted by Gasteiger charge is -2.39. The van der Waals surface area contributed by atoms with Crippen molar-refractivity contribution in [2.75, 3.05) is 19.8 Å². The molecule has 0 radical (unpaired) electrons. The largest absolute Gasteiger partial charge is 0.376 e. The molecular formula is C19H24N2O2S. The van der Waals surface area contributed by atoms with Gasteiger partial charge < -0.3 is 9.47 Å². The van der Waals surface area contributed by atoms with Crippen LogP contribution >= 0.6 is 11.3 Å². The van der Waals surface area contributed by atoms with E-state index in [2.05, 4.69) is 32.8 Å². The standard InChI is InChI=1S/C19H24N2O2S/c1-2-15(10-20-6-1)12-22-13-17-3-4-18-19(17)23-8-7-21(18)11-16-5-9-24-14-16/h1-2,5-6,9-10,14,17-19H,3-4,7-8,11-13H2. The number of hydrogen-bond donors (Lipinski definition) is 0. The molecule has 3 heterocycles. The van der Waals surface area contributed by atoms with E-state index in [1.807, 2.05) is 12.3 Å². The SMILES string of the molecule is c1cncc(COCC2CCC3C2OCCN3Cc2ccsc2)c1. The number of nitrogens with zero attached hydrogens (tertiary/aromatic N) is 2. The summed E-state index contributed by atoms with van der Waals surface area (Å²) >= 11 is 1.78. The molecular weight excluding hydrogens is 320 g/mol. The Bertz CT molecular complexity index is 620. The van der Waals surface area contributed by atoms with Gasteiger partial charge in [-0.25, -0.2) is 0 Å². The lowest BCUT2D eigenvalue weighted by Crippen LogP contribution is -2.50. The van der Waals surface area contributed by atoms with E-state index < -0.39 is 0 Å². The van der Waals surface area contributed by atoms with Gasteiger partial charge in [-0.05, 0) is 46.9 Å². The topological polar surface area (TPSA) is 34.6 Å². The molecule has 2 aromatic heterocycles. The Morgan fingerprint density at radius 2 is 2.29 bits per heavy atom. The molecule has 128 valence electrons. The van der Waals surface area contributed by atoms with Crippen molar-refractivity contribution in [1.29, 1.82) is 0 Å². The summed E-state index contributed by atoms with van der Waals surface area (Å²) in [4.78, 5) is 6.74. The van der Waals surface area contributed by atoms with Gasteiger partial charge >= 0.3 is 0 Å². The Morgan fingerprint density at radius 3 is 3.12 bits per heavy atom. The first-order valence-electron chi connectivity index (χ1n) is 8.73. The fourth-order valence-electron chi connectivity index (χ4n) is 3.94. The molecule has 4 nitrogen and oxygen atoms in total. The van der Waals surface area contributed by atoms with Crippen LogP contribution in [-0.4, -0.2) is 41.8 Å². The molecule has 3 atom stereocenters. The third-order valence-electron chi connectivity index (χ3n) is 5.12. The Balaban J connectivity index is 1.31. The van der Waals surface area contributed by atoms with E-state index in [-0.39, 0.29) is 0 Å². The first-order chi connectivity index (χ1) is 11.9. The number of fused-ring (bicyclic) bond motifs is 1. The second-order valence-electron chi connectivity index (χ2n) is 6.72. The molecule has 4 rings (SSSR count). The van der Waals surface area contributed by atoms with E-state index in [0.717, 1.165) is 31.9 Å². The average molecular weight is 344 g/mol. The fraction of sp³-hybridized carbons (Fsp3) is 0.526. The maximum absolute atomic E-state index is 6.14. The van der Waals surface area contributed by atoms with Crippen LogP contribution in [0.15, 0.2) is 41.4 Å². The first kappa shape index (κ1) is 16.2. The molecule has 0 bridgehead atoms. The molecule has 0 N–H and O–H groups in total. The van der Waals surface area contributed by atoms with Gasteiger partial charge in [0, 0.05) is 37.4 Å². The van der Waals surface area contributed by atoms with Crippen molar-refractivity contribution in [2.45, 2.75) is 38.1 Å². The zero-order valence-electron chi connectivity index (χ0n) is 13.8. The van der Waals surface area contributed by atoms with Gasteiger partial charge in [0.15, 0.2) is 0 Å². The predicted octanol–water partition coefficient (Wildman–Crippen LogP) is 3.34. The van der Waals surface area contributed by atoms with E-state index in [1.54, 1.807) is 17.5 Å². The van der Waals surface area contributed by atoms with Crippen LogP contribution < -0.4 is 0 Å². The van der Waals surface area contributed by atoms with Crippen molar-refractivity contribution in [1.82, 2.24) is 9.88 Å². The van der Waals surface area contributed by atoms with Gasteiger partial charge in [-0.1, -0.05) is 6.07 Å². The minimum atomic E-state index is 0.325. The maximum Gasteiger partial charge on any atom is 0.0781 e. The monoisotopic (exact) mass is 344 g/mol. The van der Waals surface area contributed by atoms with E-state index in [1.165, 1.54) is 18.4 Å². The number of pyridine rings is 1. The molecule has 2 aliphatic rings. The van der Waals surface area contributed by atoms with E-state index in [4.69, 9.17) is 9.47 Å². The lowest BCUT2D eigenvalue weighted by atomic mass is 10.0. The fourth-order valence-corrected chi connectivity index (χ4v) is 4.60. The zero-order valence-corrected chi connectivity index (χ0v) is 14.7.